The Labute approximate surface area is 137 Å². The van der Waals surface area contributed by atoms with Gasteiger partial charge in [0.15, 0.2) is 0 Å². The first-order valence-electron chi connectivity index (χ1n) is 7.19. The average Bonchev–Trinajstić information content (AvgIpc) is 3.05. The van der Waals surface area contributed by atoms with E-state index >= 15 is 0 Å². The molecule has 1 aliphatic rings. The zero-order valence-corrected chi connectivity index (χ0v) is 13.4. The minimum atomic E-state index is -0.420. The highest BCUT2D eigenvalue weighted by molar-refractivity contribution is 7.11. The molecule has 0 fully saturated rings. The van der Waals surface area contributed by atoms with Crippen molar-refractivity contribution in [3.05, 3.63) is 51.5 Å². The van der Waals surface area contributed by atoms with Gasteiger partial charge < -0.3 is 5.32 Å². The summed E-state index contributed by atoms with van der Waals surface area (Å²) in [5, 5.41) is 3.66. The van der Waals surface area contributed by atoms with E-state index in [1.165, 1.54) is 0 Å². The van der Waals surface area contributed by atoms with Crippen LogP contribution < -0.4 is 5.32 Å². The van der Waals surface area contributed by atoms with Gasteiger partial charge in [0.25, 0.3) is 11.8 Å². The molecule has 0 aliphatic carbocycles. The normalized spacial score (nSPS) is 13.3. The lowest BCUT2D eigenvalue weighted by Gasteiger charge is -2.13. The second-order valence-corrected chi connectivity index (χ2v) is 6.53. The molecule has 0 unspecified atom stereocenters. The van der Waals surface area contributed by atoms with Crippen molar-refractivity contribution in [2.75, 3.05) is 13.1 Å². The third-order valence-electron chi connectivity index (χ3n) is 3.51. The van der Waals surface area contributed by atoms with Gasteiger partial charge in [0.05, 0.1) is 16.1 Å². The highest BCUT2D eigenvalue weighted by Crippen LogP contribution is 2.21. The quantitative estimate of drug-likeness (QED) is 0.841. The topological polar surface area (TPSA) is 79.4 Å². The Morgan fingerprint density at radius 3 is 2.43 bits per heavy atom. The van der Waals surface area contributed by atoms with E-state index in [4.69, 9.17) is 0 Å². The van der Waals surface area contributed by atoms with Gasteiger partial charge in [0.2, 0.25) is 5.91 Å². The minimum Gasteiger partial charge on any atom is -0.354 e. The van der Waals surface area contributed by atoms with Crippen molar-refractivity contribution in [1.29, 1.82) is 0 Å². The number of fused-ring (bicyclic) bond motifs is 1. The summed E-state index contributed by atoms with van der Waals surface area (Å²) in [7, 11) is 0. The van der Waals surface area contributed by atoms with Gasteiger partial charge in [0.1, 0.15) is 6.54 Å². The van der Waals surface area contributed by atoms with E-state index in [2.05, 4.69) is 10.3 Å². The first kappa shape index (κ1) is 15.4. The molecule has 2 aromatic rings. The summed E-state index contributed by atoms with van der Waals surface area (Å²) in [5.41, 5.74) is 0.701. The van der Waals surface area contributed by atoms with Gasteiger partial charge in [0, 0.05) is 24.0 Å². The number of amides is 3. The maximum atomic E-state index is 12.2. The molecule has 3 rings (SSSR count). The van der Waals surface area contributed by atoms with E-state index in [1.54, 1.807) is 41.8 Å². The predicted octanol–water partition coefficient (Wildman–Crippen LogP) is 1.41. The third kappa shape index (κ3) is 3.14. The Hall–Kier alpha value is -2.54. The number of carbonyl (C=O) groups excluding carboxylic acids is 3. The molecule has 0 atom stereocenters. The number of nitrogens with one attached hydrogen (secondary N) is 1. The smallest absolute Gasteiger partial charge is 0.262 e. The number of carbonyl (C=O) groups is 3. The number of hydrogen-bond donors (Lipinski definition) is 1. The number of nitrogens with zero attached hydrogens (tertiary/aromatic N) is 2. The molecule has 3 amide bonds. The zero-order valence-electron chi connectivity index (χ0n) is 12.5. The molecule has 118 valence electrons. The molecule has 23 heavy (non-hydrogen) atoms. The first-order chi connectivity index (χ1) is 11.1. The summed E-state index contributed by atoms with van der Waals surface area (Å²) in [6.45, 7) is 2.14. The summed E-state index contributed by atoms with van der Waals surface area (Å²) >= 11 is 1.58. The molecule has 7 heteroatoms. The molecule has 1 N–H and O–H groups in total. The molecular formula is C16H15N3O3S. The fourth-order valence-corrected chi connectivity index (χ4v) is 3.19. The highest BCUT2D eigenvalue weighted by Gasteiger charge is 2.36. The molecule has 2 heterocycles. The second-order valence-electron chi connectivity index (χ2n) is 5.21. The minimum absolute atomic E-state index is 0.261. The summed E-state index contributed by atoms with van der Waals surface area (Å²) < 4.78 is 0. The monoisotopic (exact) mass is 329 g/mol. The van der Waals surface area contributed by atoms with Crippen molar-refractivity contribution < 1.29 is 14.4 Å². The summed E-state index contributed by atoms with van der Waals surface area (Å²) in [5.74, 6) is -1.19. The molecule has 0 saturated carbocycles. The van der Waals surface area contributed by atoms with E-state index in [0.29, 0.717) is 24.1 Å². The van der Waals surface area contributed by atoms with Crippen LogP contribution in [0.2, 0.25) is 0 Å². The first-order valence-corrected chi connectivity index (χ1v) is 8.01. The standard InChI is InChI=1S/C16H15N3O3S/c1-10-8-18-14(23-10)6-7-17-13(20)9-19-15(21)11-4-2-3-5-12(11)16(19)22/h2-5,8H,6-7,9H2,1H3,(H,17,20). The van der Waals surface area contributed by atoms with Crippen LogP contribution in [-0.4, -0.2) is 40.7 Å². The lowest BCUT2D eigenvalue weighted by Crippen LogP contribution is -2.40. The van der Waals surface area contributed by atoms with Crippen LogP contribution in [0.15, 0.2) is 30.5 Å². The van der Waals surface area contributed by atoms with Crippen LogP contribution in [0.1, 0.15) is 30.6 Å². The van der Waals surface area contributed by atoms with Gasteiger partial charge in [-0.15, -0.1) is 11.3 Å². The molecule has 0 spiro atoms. The van der Waals surface area contributed by atoms with Crippen molar-refractivity contribution in [3.8, 4) is 0 Å². The maximum Gasteiger partial charge on any atom is 0.262 e. The third-order valence-corrected chi connectivity index (χ3v) is 4.48. The van der Waals surface area contributed by atoms with Crippen LogP contribution in [0.4, 0.5) is 0 Å². The number of imide groups is 1. The van der Waals surface area contributed by atoms with E-state index < -0.39 is 11.8 Å². The molecule has 1 aliphatic heterocycles. The van der Waals surface area contributed by atoms with Gasteiger partial charge >= 0.3 is 0 Å². The largest absolute Gasteiger partial charge is 0.354 e. The van der Waals surface area contributed by atoms with E-state index in [1.807, 2.05) is 6.92 Å². The van der Waals surface area contributed by atoms with Gasteiger partial charge in [-0.1, -0.05) is 12.1 Å². The van der Waals surface area contributed by atoms with Gasteiger partial charge in [-0.25, -0.2) is 4.98 Å². The number of aromatic nitrogens is 1. The summed E-state index contributed by atoms with van der Waals surface area (Å²) in [6, 6.07) is 6.59. The van der Waals surface area contributed by atoms with E-state index in [-0.39, 0.29) is 12.5 Å². The van der Waals surface area contributed by atoms with E-state index in [9.17, 15) is 14.4 Å². The molecule has 0 saturated heterocycles. The van der Waals surface area contributed by atoms with Crippen molar-refractivity contribution >= 4 is 29.1 Å². The van der Waals surface area contributed by atoms with Gasteiger partial charge in [-0.2, -0.15) is 0 Å². The highest BCUT2D eigenvalue weighted by atomic mass is 32.1. The fourth-order valence-electron chi connectivity index (χ4n) is 2.41. The molecule has 0 radical (unpaired) electrons. The van der Waals surface area contributed by atoms with Crippen molar-refractivity contribution in [2.24, 2.45) is 0 Å². The SMILES string of the molecule is Cc1cnc(CCNC(=O)CN2C(=O)c3ccccc3C2=O)s1. The van der Waals surface area contributed by atoms with E-state index in [0.717, 1.165) is 14.8 Å². The van der Waals surface area contributed by atoms with Crippen LogP contribution >= 0.6 is 11.3 Å². The Bertz CT molecular complexity index is 749. The lowest BCUT2D eigenvalue weighted by molar-refractivity contribution is -0.121. The molecular weight excluding hydrogens is 314 g/mol. The summed E-state index contributed by atoms with van der Waals surface area (Å²) in [6.07, 6.45) is 2.42. The fraction of sp³-hybridized carbons (Fsp3) is 0.250. The Morgan fingerprint density at radius 1 is 1.22 bits per heavy atom. The van der Waals surface area contributed by atoms with Crippen LogP contribution in [0, 0.1) is 6.92 Å². The predicted molar refractivity (Wildman–Crippen MR) is 85.4 cm³/mol. The zero-order chi connectivity index (χ0) is 16.4. The molecule has 0 bridgehead atoms. The van der Waals surface area contributed by atoms with Crippen LogP contribution in [0.25, 0.3) is 0 Å². The number of hydrogen-bond acceptors (Lipinski definition) is 5. The van der Waals surface area contributed by atoms with Gasteiger partial charge in [-0.3, -0.25) is 19.3 Å². The summed E-state index contributed by atoms with van der Waals surface area (Å²) in [4.78, 5) is 42.6. The Balaban J connectivity index is 1.54. The van der Waals surface area contributed by atoms with Crippen molar-refractivity contribution in [2.45, 2.75) is 13.3 Å². The van der Waals surface area contributed by atoms with Crippen LogP contribution in [0.3, 0.4) is 0 Å². The van der Waals surface area contributed by atoms with Crippen LogP contribution in [0.5, 0.6) is 0 Å². The number of benzene rings is 1. The number of rotatable bonds is 5. The Morgan fingerprint density at radius 2 is 1.87 bits per heavy atom. The van der Waals surface area contributed by atoms with Gasteiger partial charge in [-0.05, 0) is 19.1 Å². The average molecular weight is 329 g/mol. The van der Waals surface area contributed by atoms with Crippen molar-refractivity contribution in [3.63, 3.8) is 0 Å². The molecule has 1 aromatic heterocycles. The van der Waals surface area contributed by atoms with Crippen LogP contribution in [-0.2, 0) is 11.2 Å². The molecule has 1 aromatic carbocycles. The maximum absolute atomic E-state index is 12.2. The molecule has 6 nitrogen and oxygen atoms in total. The number of aryl methyl sites for hydroxylation is 1. The number of thiazole rings is 1. The second kappa shape index (κ2) is 6.29. The van der Waals surface area contributed by atoms with Crippen molar-refractivity contribution in [1.82, 2.24) is 15.2 Å². The Kier molecular flexibility index (Phi) is 4.20. The lowest BCUT2D eigenvalue weighted by atomic mass is 10.1.